The smallest absolute Gasteiger partial charge is 0.417 e. The van der Waals surface area contributed by atoms with Gasteiger partial charge in [0.25, 0.3) is 5.91 Å². The molecule has 0 radical (unpaired) electrons. The molecule has 3 aromatic heterocycles. The second-order valence-electron chi connectivity index (χ2n) is 7.21. The zero-order valence-electron chi connectivity index (χ0n) is 17.6. The third-order valence-corrected chi connectivity index (χ3v) is 4.78. The quantitative estimate of drug-likeness (QED) is 0.441. The van der Waals surface area contributed by atoms with Gasteiger partial charge in [0.1, 0.15) is 5.75 Å². The van der Waals surface area contributed by atoms with Crippen molar-refractivity contribution in [2.24, 2.45) is 0 Å². The summed E-state index contributed by atoms with van der Waals surface area (Å²) in [6.07, 6.45) is -0.975. The first-order valence-electron chi connectivity index (χ1n) is 9.81. The van der Waals surface area contributed by atoms with Crippen molar-refractivity contribution in [3.05, 3.63) is 89.5 Å². The number of anilines is 1. The lowest BCUT2D eigenvalue weighted by Crippen LogP contribution is -2.13. The fourth-order valence-electron chi connectivity index (χ4n) is 2.98. The van der Waals surface area contributed by atoms with E-state index in [0.29, 0.717) is 23.0 Å². The molecule has 4 aromatic rings. The molecular weight excluding hydrogens is 435 g/mol. The standard InChI is InChI=1S/C23H18F3N5O2/c1-14-3-7-18(8-4-14)33-21-10-6-17(12-28-21)30-22(32)19-13-29-31(15(19)2)20-9-5-16(11-27-20)23(24,25)26/h3-13H,1-2H3,(H,30,32). The number of ether oxygens (including phenoxy) is 1. The highest BCUT2D eigenvalue weighted by molar-refractivity contribution is 6.04. The van der Waals surface area contributed by atoms with Crippen LogP contribution in [-0.2, 0) is 6.18 Å². The van der Waals surface area contributed by atoms with Gasteiger partial charge in [0.05, 0.1) is 34.9 Å². The van der Waals surface area contributed by atoms with Gasteiger partial charge < -0.3 is 10.1 Å². The molecule has 3 heterocycles. The summed E-state index contributed by atoms with van der Waals surface area (Å²) in [4.78, 5) is 20.7. The van der Waals surface area contributed by atoms with Gasteiger partial charge in [0, 0.05) is 12.3 Å². The van der Waals surface area contributed by atoms with E-state index in [1.54, 1.807) is 19.1 Å². The van der Waals surface area contributed by atoms with E-state index < -0.39 is 17.6 Å². The number of pyridine rings is 2. The predicted molar refractivity (Wildman–Crippen MR) is 115 cm³/mol. The third kappa shape index (κ3) is 5.00. The van der Waals surface area contributed by atoms with Crippen LogP contribution in [0.1, 0.15) is 27.2 Å². The van der Waals surface area contributed by atoms with Gasteiger partial charge in [-0.2, -0.15) is 18.3 Å². The fraction of sp³-hybridized carbons (Fsp3) is 0.130. The van der Waals surface area contributed by atoms with Crippen molar-refractivity contribution in [2.75, 3.05) is 5.32 Å². The van der Waals surface area contributed by atoms with E-state index in [0.717, 1.165) is 17.8 Å². The topological polar surface area (TPSA) is 81.9 Å². The van der Waals surface area contributed by atoms with E-state index >= 15 is 0 Å². The lowest BCUT2D eigenvalue weighted by molar-refractivity contribution is -0.137. The average Bonchev–Trinajstić information content (AvgIpc) is 3.17. The molecule has 10 heteroatoms. The Morgan fingerprint density at radius 1 is 0.939 bits per heavy atom. The van der Waals surface area contributed by atoms with E-state index in [9.17, 15) is 18.0 Å². The summed E-state index contributed by atoms with van der Waals surface area (Å²) < 4.78 is 45.2. The Kier molecular flexibility index (Phi) is 5.82. The summed E-state index contributed by atoms with van der Waals surface area (Å²) in [5.74, 6) is 0.734. The second kappa shape index (κ2) is 8.73. The normalized spacial score (nSPS) is 11.3. The maximum absolute atomic E-state index is 12.7. The van der Waals surface area contributed by atoms with E-state index in [-0.39, 0.29) is 11.4 Å². The Balaban J connectivity index is 1.44. The first kappa shape index (κ1) is 22.0. The lowest BCUT2D eigenvalue weighted by atomic mass is 10.2. The van der Waals surface area contributed by atoms with Crippen LogP contribution in [0.25, 0.3) is 5.82 Å². The molecule has 0 unspecified atom stereocenters. The Morgan fingerprint density at radius 2 is 1.70 bits per heavy atom. The van der Waals surface area contributed by atoms with E-state index in [4.69, 9.17) is 4.74 Å². The minimum absolute atomic E-state index is 0.166. The molecule has 0 bridgehead atoms. The highest BCUT2D eigenvalue weighted by Gasteiger charge is 2.30. The number of carbonyl (C=O) groups is 1. The number of alkyl halides is 3. The van der Waals surface area contributed by atoms with Crippen LogP contribution < -0.4 is 10.1 Å². The maximum atomic E-state index is 12.7. The summed E-state index contributed by atoms with van der Waals surface area (Å²) in [6, 6.07) is 12.9. The SMILES string of the molecule is Cc1ccc(Oc2ccc(NC(=O)c3cnn(-c4ccc(C(F)(F)F)cn4)c3C)cn2)cc1. The summed E-state index contributed by atoms with van der Waals surface area (Å²) in [7, 11) is 0. The van der Waals surface area contributed by atoms with Crippen LogP contribution in [0.5, 0.6) is 11.6 Å². The number of nitrogens with zero attached hydrogens (tertiary/aromatic N) is 4. The largest absolute Gasteiger partial charge is 0.439 e. The van der Waals surface area contributed by atoms with Gasteiger partial charge in [-0.1, -0.05) is 17.7 Å². The first-order chi connectivity index (χ1) is 15.7. The summed E-state index contributed by atoms with van der Waals surface area (Å²) in [6.45, 7) is 3.60. The minimum atomic E-state index is -4.48. The van der Waals surface area contributed by atoms with Gasteiger partial charge in [0.15, 0.2) is 5.82 Å². The first-order valence-corrected chi connectivity index (χ1v) is 9.81. The van der Waals surface area contributed by atoms with Crippen molar-refractivity contribution in [1.29, 1.82) is 0 Å². The molecule has 4 rings (SSSR count). The molecule has 0 saturated heterocycles. The van der Waals surface area contributed by atoms with Crippen LogP contribution in [0, 0.1) is 13.8 Å². The number of halogens is 3. The number of nitrogens with one attached hydrogen (secondary N) is 1. The summed E-state index contributed by atoms with van der Waals surface area (Å²) in [5, 5.41) is 6.80. The Morgan fingerprint density at radius 3 is 2.30 bits per heavy atom. The molecule has 0 saturated carbocycles. The molecule has 0 aliphatic heterocycles. The van der Waals surface area contributed by atoms with Crippen molar-refractivity contribution < 1.29 is 22.7 Å². The third-order valence-electron chi connectivity index (χ3n) is 4.78. The molecule has 7 nitrogen and oxygen atoms in total. The van der Waals surface area contributed by atoms with Gasteiger partial charge >= 0.3 is 6.18 Å². The molecule has 1 aromatic carbocycles. The molecule has 0 fully saturated rings. The number of aromatic nitrogens is 4. The maximum Gasteiger partial charge on any atom is 0.417 e. The van der Waals surface area contributed by atoms with E-state index in [1.807, 2.05) is 31.2 Å². The fourth-order valence-corrected chi connectivity index (χ4v) is 2.98. The van der Waals surface area contributed by atoms with Crippen LogP contribution in [0.3, 0.4) is 0 Å². The van der Waals surface area contributed by atoms with Crippen LogP contribution >= 0.6 is 0 Å². The van der Waals surface area contributed by atoms with Crippen LogP contribution in [0.15, 0.2) is 67.1 Å². The second-order valence-corrected chi connectivity index (χ2v) is 7.21. The van der Waals surface area contributed by atoms with Crippen molar-refractivity contribution in [1.82, 2.24) is 19.7 Å². The van der Waals surface area contributed by atoms with Crippen LogP contribution in [0.2, 0.25) is 0 Å². The number of amides is 1. The number of carbonyl (C=O) groups excluding carboxylic acids is 1. The highest BCUT2D eigenvalue weighted by Crippen LogP contribution is 2.29. The zero-order valence-corrected chi connectivity index (χ0v) is 17.6. The number of benzene rings is 1. The van der Waals surface area contributed by atoms with E-state index in [1.165, 1.54) is 23.1 Å². The Hall–Kier alpha value is -4.21. The van der Waals surface area contributed by atoms with Gasteiger partial charge in [-0.05, 0) is 44.2 Å². The predicted octanol–water partition coefficient (Wildman–Crippen LogP) is 5.34. The lowest BCUT2D eigenvalue weighted by Gasteiger charge is -2.09. The van der Waals surface area contributed by atoms with Crippen LogP contribution in [0.4, 0.5) is 18.9 Å². The molecule has 1 N–H and O–H groups in total. The molecular formula is C23H18F3N5O2. The van der Waals surface area contributed by atoms with Crippen molar-refractivity contribution in [2.45, 2.75) is 20.0 Å². The van der Waals surface area contributed by atoms with Crippen molar-refractivity contribution in [3.63, 3.8) is 0 Å². The molecule has 0 spiro atoms. The monoisotopic (exact) mass is 453 g/mol. The molecule has 0 aliphatic rings. The molecule has 1 amide bonds. The number of hydrogen-bond acceptors (Lipinski definition) is 5. The Labute approximate surface area is 186 Å². The van der Waals surface area contributed by atoms with Gasteiger partial charge in [-0.3, -0.25) is 4.79 Å². The number of hydrogen-bond donors (Lipinski definition) is 1. The molecule has 0 atom stereocenters. The van der Waals surface area contributed by atoms with Gasteiger partial charge in [-0.25, -0.2) is 14.6 Å². The summed E-state index contributed by atoms with van der Waals surface area (Å²) in [5.41, 5.74) is 1.36. The average molecular weight is 453 g/mol. The number of aryl methyl sites for hydroxylation is 1. The minimum Gasteiger partial charge on any atom is -0.439 e. The van der Waals surface area contributed by atoms with Crippen LogP contribution in [-0.4, -0.2) is 25.7 Å². The molecule has 0 aliphatic carbocycles. The highest BCUT2D eigenvalue weighted by atomic mass is 19.4. The zero-order chi connectivity index (χ0) is 23.6. The summed E-state index contributed by atoms with van der Waals surface area (Å²) >= 11 is 0. The van der Waals surface area contributed by atoms with Gasteiger partial charge in [0.2, 0.25) is 5.88 Å². The van der Waals surface area contributed by atoms with E-state index in [2.05, 4.69) is 20.4 Å². The molecule has 33 heavy (non-hydrogen) atoms. The van der Waals surface area contributed by atoms with Crippen molar-refractivity contribution in [3.8, 4) is 17.4 Å². The Bertz CT molecular complexity index is 1270. The van der Waals surface area contributed by atoms with Gasteiger partial charge in [-0.15, -0.1) is 0 Å². The van der Waals surface area contributed by atoms with Crippen molar-refractivity contribution >= 4 is 11.6 Å². The number of rotatable bonds is 5. The molecule has 168 valence electrons.